The van der Waals surface area contributed by atoms with Gasteiger partial charge < -0.3 is 10.1 Å². The molecule has 5 nitrogen and oxygen atoms in total. The summed E-state index contributed by atoms with van der Waals surface area (Å²) in [4.78, 5) is 20.2. The predicted molar refractivity (Wildman–Crippen MR) is 100 cm³/mol. The molecular weight excluding hydrogens is 334 g/mol. The number of nitrogens with zero attached hydrogens (tertiary/aromatic N) is 2. The monoisotopic (exact) mass is 359 g/mol. The van der Waals surface area contributed by atoms with Crippen molar-refractivity contribution in [2.75, 3.05) is 20.2 Å². The Morgan fingerprint density at radius 3 is 2.64 bits per heavy atom. The van der Waals surface area contributed by atoms with E-state index in [-0.39, 0.29) is 5.91 Å². The Bertz CT molecular complexity index is 706. The molecule has 1 aromatic heterocycles. The number of methoxy groups -OCH3 is 1. The van der Waals surface area contributed by atoms with Crippen LogP contribution in [0.1, 0.15) is 45.2 Å². The molecule has 1 saturated heterocycles. The summed E-state index contributed by atoms with van der Waals surface area (Å²) >= 11 is 1.52. The molecule has 2 aromatic rings. The molecule has 2 heterocycles. The highest BCUT2D eigenvalue weighted by molar-refractivity contribution is 7.13. The maximum Gasteiger partial charge on any atom is 0.263 e. The van der Waals surface area contributed by atoms with Gasteiger partial charge in [-0.05, 0) is 50.6 Å². The zero-order chi connectivity index (χ0) is 17.6. The van der Waals surface area contributed by atoms with Crippen molar-refractivity contribution >= 4 is 17.2 Å². The molecule has 1 aliphatic heterocycles. The van der Waals surface area contributed by atoms with E-state index in [2.05, 4.69) is 15.2 Å². The van der Waals surface area contributed by atoms with Crippen molar-refractivity contribution in [3.05, 3.63) is 45.4 Å². The van der Waals surface area contributed by atoms with Crippen LogP contribution in [0.5, 0.6) is 5.75 Å². The summed E-state index contributed by atoms with van der Waals surface area (Å²) in [5.74, 6) is 0.770. The Kier molecular flexibility index (Phi) is 6.04. The fraction of sp³-hybridized carbons (Fsp3) is 0.474. The quantitative estimate of drug-likeness (QED) is 0.859. The summed E-state index contributed by atoms with van der Waals surface area (Å²) < 4.78 is 5.15. The summed E-state index contributed by atoms with van der Waals surface area (Å²) in [5.41, 5.74) is 1.87. The van der Waals surface area contributed by atoms with Crippen LogP contribution in [-0.4, -0.2) is 36.0 Å². The van der Waals surface area contributed by atoms with Gasteiger partial charge in [-0.15, -0.1) is 11.3 Å². The number of aromatic nitrogens is 1. The number of carbonyl (C=O) groups is 1. The number of benzene rings is 1. The molecule has 0 atom stereocenters. The molecule has 0 unspecified atom stereocenters. The van der Waals surface area contributed by atoms with Crippen LogP contribution < -0.4 is 10.1 Å². The lowest BCUT2D eigenvalue weighted by atomic mass is 10.1. The van der Waals surface area contributed by atoms with E-state index in [1.54, 1.807) is 7.11 Å². The van der Waals surface area contributed by atoms with Gasteiger partial charge in [0, 0.05) is 6.54 Å². The molecule has 0 aliphatic carbocycles. The second-order valence-electron chi connectivity index (χ2n) is 6.39. The van der Waals surface area contributed by atoms with E-state index in [4.69, 9.17) is 4.74 Å². The third-order valence-electron chi connectivity index (χ3n) is 4.47. The van der Waals surface area contributed by atoms with E-state index in [1.165, 1.54) is 30.6 Å². The van der Waals surface area contributed by atoms with Crippen molar-refractivity contribution in [2.45, 2.75) is 39.3 Å². The summed E-state index contributed by atoms with van der Waals surface area (Å²) in [5, 5.41) is 4.02. The van der Waals surface area contributed by atoms with Crippen LogP contribution in [0.2, 0.25) is 0 Å². The first-order chi connectivity index (χ1) is 12.2. The second-order valence-corrected chi connectivity index (χ2v) is 7.47. The van der Waals surface area contributed by atoms with Crippen molar-refractivity contribution in [3.63, 3.8) is 0 Å². The average Bonchev–Trinajstić information content (AvgIpc) is 3.01. The molecule has 1 aromatic carbocycles. The van der Waals surface area contributed by atoms with Crippen LogP contribution in [-0.2, 0) is 13.1 Å². The maximum atomic E-state index is 12.5. The smallest absolute Gasteiger partial charge is 0.263 e. The maximum absolute atomic E-state index is 12.5. The number of rotatable bonds is 6. The van der Waals surface area contributed by atoms with Crippen molar-refractivity contribution in [3.8, 4) is 5.75 Å². The molecule has 3 rings (SSSR count). The molecule has 25 heavy (non-hydrogen) atoms. The minimum Gasteiger partial charge on any atom is -0.497 e. The first-order valence-electron chi connectivity index (χ1n) is 8.75. The fourth-order valence-corrected chi connectivity index (χ4v) is 4.07. The van der Waals surface area contributed by atoms with E-state index in [0.717, 1.165) is 46.5 Å². The number of aryl methyl sites for hydroxylation is 1. The number of piperidine rings is 1. The molecular formula is C19H25N3O2S. The van der Waals surface area contributed by atoms with Crippen LogP contribution >= 0.6 is 11.3 Å². The minimum atomic E-state index is -0.0456. The number of hydrogen-bond acceptors (Lipinski definition) is 5. The van der Waals surface area contributed by atoms with E-state index in [0.29, 0.717) is 6.54 Å². The fourth-order valence-electron chi connectivity index (χ4n) is 3.05. The molecule has 134 valence electrons. The molecule has 1 N–H and O–H groups in total. The number of carbonyl (C=O) groups excluding carboxylic acids is 1. The number of likely N-dealkylation sites (tertiary alicyclic amines) is 1. The highest BCUT2D eigenvalue weighted by Crippen LogP contribution is 2.21. The number of nitrogens with one attached hydrogen (secondary N) is 1. The Hall–Kier alpha value is -1.92. The van der Waals surface area contributed by atoms with Crippen LogP contribution in [0.4, 0.5) is 0 Å². The SMILES string of the molecule is COc1ccc(CNC(=O)c2sc(CN3CCCCC3)nc2C)cc1. The lowest BCUT2D eigenvalue weighted by Crippen LogP contribution is -2.29. The highest BCUT2D eigenvalue weighted by atomic mass is 32.1. The van der Waals surface area contributed by atoms with Crippen LogP contribution in [0, 0.1) is 6.92 Å². The first-order valence-corrected chi connectivity index (χ1v) is 9.57. The molecule has 1 fully saturated rings. The number of hydrogen-bond donors (Lipinski definition) is 1. The van der Waals surface area contributed by atoms with Gasteiger partial charge in [0.1, 0.15) is 15.6 Å². The largest absolute Gasteiger partial charge is 0.497 e. The van der Waals surface area contributed by atoms with Crippen LogP contribution in [0.15, 0.2) is 24.3 Å². The normalized spacial score (nSPS) is 15.1. The van der Waals surface area contributed by atoms with E-state index in [1.807, 2.05) is 31.2 Å². The second kappa shape index (κ2) is 8.45. The topological polar surface area (TPSA) is 54.5 Å². The van der Waals surface area contributed by atoms with Gasteiger partial charge in [-0.2, -0.15) is 0 Å². The molecule has 0 radical (unpaired) electrons. The van der Waals surface area contributed by atoms with Gasteiger partial charge in [0.15, 0.2) is 0 Å². The highest BCUT2D eigenvalue weighted by Gasteiger charge is 2.18. The molecule has 0 saturated carbocycles. The summed E-state index contributed by atoms with van der Waals surface area (Å²) in [7, 11) is 1.64. The number of thiazole rings is 1. The zero-order valence-electron chi connectivity index (χ0n) is 14.9. The summed E-state index contributed by atoms with van der Waals surface area (Å²) in [6, 6.07) is 7.72. The minimum absolute atomic E-state index is 0.0456. The Morgan fingerprint density at radius 1 is 1.24 bits per heavy atom. The van der Waals surface area contributed by atoms with E-state index < -0.39 is 0 Å². The molecule has 0 bridgehead atoms. The van der Waals surface area contributed by atoms with Gasteiger partial charge in [-0.1, -0.05) is 18.6 Å². The average molecular weight is 359 g/mol. The third kappa shape index (κ3) is 4.80. The number of amides is 1. The zero-order valence-corrected chi connectivity index (χ0v) is 15.7. The van der Waals surface area contributed by atoms with Gasteiger partial charge in [-0.25, -0.2) is 4.98 Å². The van der Waals surface area contributed by atoms with Crippen LogP contribution in [0.3, 0.4) is 0 Å². The van der Waals surface area contributed by atoms with Gasteiger partial charge in [0.25, 0.3) is 5.91 Å². The van der Waals surface area contributed by atoms with Gasteiger partial charge in [-0.3, -0.25) is 9.69 Å². The lowest BCUT2D eigenvalue weighted by molar-refractivity contribution is 0.0954. The van der Waals surface area contributed by atoms with E-state index in [9.17, 15) is 4.79 Å². The van der Waals surface area contributed by atoms with Crippen LogP contribution in [0.25, 0.3) is 0 Å². The molecule has 0 spiro atoms. The van der Waals surface area contributed by atoms with E-state index >= 15 is 0 Å². The molecule has 1 amide bonds. The first kappa shape index (κ1) is 17.9. The van der Waals surface area contributed by atoms with Crippen molar-refractivity contribution in [1.82, 2.24) is 15.2 Å². The Morgan fingerprint density at radius 2 is 1.96 bits per heavy atom. The summed E-state index contributed by atoms with van der Waals surface area (Å²) in [6.07, 6.45) is 3.85. The summed E-state index contributed by atoms with van der Waals surface area (Å²) in [6.45, 7) is 5.55. The Balaban J connectivity index is 1.57. The lowest BCUT2D eigenvalue weighted by Gasteiger charge is -2.25. The predicted octanol–water partition coefficient (Wildman–Crippen LogP) is 3.38. The third-order valence-corrected chi connectivity index (χ3v) is 5.61. The van der Waals surface area contributed by atoms with Crippen molar-refractivity contribution in [2.24, 2.45) is 0 Å². The molecule has 1 aliphatic rings. The van der Waals surface area contributed by atoms with Gasteiger partial charge in [0.2, 0.25) is 0 Å². The number of ether oxygens (including phenoxy) is 1. The van der Waals surface area contributed by atoms with Gasteiger partial charge in [0.05, 0.1) is 19.3 Å². The Labute approximate surface area is 153 Å². The van der Waals surface area contributed by atoms with Crippen molar-refractivity contribution in [1.29, 1.82) is 0 Å². The van der Waals surface area contributed by atoms with Gasteiger partial charge >= 0.3 is 0 Å². The standard InChI is InChI=1S/C19H25N3O2S/c1-14-18(25-17(21-14)13-22-10-4-3-5-11-22)19(23)20-12-15-6-8-16(24-2)9-7-15/h6-9H,3-5,10-13H2,1-2H3,(H,20,23). The molecule has 6 heteroatoms. The van der Waals surface area contributed by atoms with Crippen molar-refractivity contribution < 1.29 is 9.53 Å².